The molecule has 0 aliphatic rings. The van der Waals surface area contributed by atoms with Gasteiger partial charge in [-0.15, -0.1) is 10.2 Å². The zero-order valence-electron chi connectivity index (χ0n) is 11.3. The predicted octanol–water partition coefficient (Wildman–Crippen LogP) is 5.72. The highest BCUT2D eigenvalue weighted by molar-refractivity contribution is 5.56. The van der Waals surface area contributed by atoms with Gasteiger partial charge in [0, 0.05) is 5.69 Å². The van der Waals surface area contributed by atoms with Crippen LogP contribution in [0.5, 0.6) is 0 Å². The highest BCUT2D eigenvalue weighted by atomic mass is 19.4. The van der Waals surface area contributed by atoms with Crippen molar-refractivity contribution >= 4 is 17.1 Å². The van der Waals surface area contributed by atoms with Crippen molar-refractivity contribution in [1.82, 2.24) is 0 Å². The molecular formula is C14H9F6N3. The number of nitrogens with two attached hydrogens (primary N) is 1. The molecule has 2 N–H and O–H groups in total. The lowest BCUT2D eigenvalue weighted by Crippen LogP contribution is -2.06. The standard InChI is InChI=1S/C14H9F6N3/c15-13(16,17)9-3-1-2-4-11(9)22-23-12-6-5-8(21)7-10(12)14(18,19)20/h1-7H,21H2. The third-order valence-electron chi connectivity index (χ3n) is 2.80. The molecule has 122 valence electrons. The lowest BCUT2D eigenvalue weighted by molar-refractivity contribution is -0.138. The van der Waals surface area contributed by atoms with E-state index in [1.165, 1.54) is 6.07 Å². The SMILES string of the molecule is Nc1ccc(N=Nc2ccccc2C(F)(F)F)c(C(F)(F)F)c1. The van der Waals surface area contributed by atoms with Gasteiger partial charge in [0.1, 0.15) is 0 Å². The van der Waals surface area contributed by atoms with Crippen LogP contribution < -0.4 is 5.73 Å². The summed E-state index contributed by atoms with van der Waals surface area (Å²) in [6.07, 6.45) is -9.45. The fraction of sp³-hybridized carbons (Fsp3) is 0.143. The van der Waals surface area contributed by atoms with Crippen LogP contribution in [0, 0.1) is 0 Å². The molecular weight excluding hydrogens is 324 g/mol. The summed E-state index contributed by atoms with van der Waals surface area (Å²) in [5, 5.41) is 6.62. The molecule has 0 saturated heterocycles. The minimum atomic E-state index is -4.76. The van der Waals surface area contributed by atoms with E-state index in [1.54, 1.807) is 0 Å². The van der Waals surface area contributed by atoms with Crippen LogP contribution in [0.25, 0.3) is 0 Å². The summed E-state index contributed by atoms with van der Waals surface area (Å²) in [6, 6.07) is 6.93. The summed E-state index contributed by atoms with van der Waals surface area (Å²) in [7, 11) is 0. The first kappa shape index (κ1) is 16.8. The van der Waals surface area contributed by atoms with Gasteiger partial charge in [-0.3, -0.25) is 0 Å². The van der Waals surface area contributed by atoms with E-state index in [4.69, 9.17) is 5.73 Å². The van der Waals surface area contributed by atoms with Gasteiger partial charge in [-0.25, -0.2) is 0 Å². The van der Waals surface area contributed by atoms with Crippen molar-refractivity contribution in [3.8, 4) is 0 Å². The zero-order valence-corrected chi connectivity index (χ0v) is 11.3. The van der Waals surface area contributed by atoms with Crippen molar-refractivity contribution in [2.45, 2.75) is 12.4 Å². The Kier molecular flexibility index (Phi) is 4.31. The Morgan fingerprint density at radius 3 is 1.78 bits per heavy atom. The van der Waals surface area contributed by atoms with Gasteiger partial charge in [-0.1, -0.05) is 12.1 Å². The summed E-state index contributed by atoms with van der Waals surface area (Å²) in [5.41, 5.74) is 1.68. The minimum Gasteiger partial charge on any atom is -0.399 e. The Bertz CT molecular complexity index is 734. The van der Waals surface area contributed by atoms with E-state index in [-0.39, 0.29) is 5.69 Å². The highest BCUT2D eigenvalue weighted by Crippen LogP contribution is 2.40. The number of nitrogen functional groups attached to an aromatic ring is 1. The topological polar surface area (TPSA) is 50.7 Å². The van der Waals surface area contributed by atoms with Gasteiger partial charge < -0.3 is 5.73 Å². The fourth-order valence-corrected chi connectivity index (χ4v) is 1.78. The molecule has 0 atom stereocenters. The molecule has 0 amide bonds. The van der Waals surface area contributed by atoms with Gasteiger partial charge in [0.25, 0.3) is 0 Å². The Morgan fingerprint density at radius 2 is 1.22 bits per heavy atom. The highest BCUT2D eigenvalue weighted by Gasteiger charge is 2.35. The molecule has 0 fully saturated rings. The number of rotatable bonds is 2. The molecule has 3 nitrogen and oxygen atoms in total. The molecule has 0 aliphatic heterocycles. The van der Waals surface area contributed by atoms with Gasteiger partial charge in [-0.2, -0.15) is 26.3 Å². The molecule has 0 bridgehead atoms. The minimum absolute atomic E-state index is 0.146. The zero-order chi connectivity index (χ0) is 17.3. The van der Waals surface area contributed by atoms with E-state index in [0.717, 1.165) is 30.3 Å². The van der Waals surface area contributed by atoms with Crippen molar-refractivity contribution in [3.05, 3.63) is 53.6 Å². The van der Waals surface area contributed by atoms with Gasteiger partial charge >= 0.3 is 12.4 Å². The Labute approximate surface area is 126 Å². The maximum atomic E-state index is 12.9. The average molecular weight is 333 g/mol. The summed E-state index contributed by atoms with van der Waals surface area (Å²) in [4.78, 5) is 0. The van der Waals surface area contributed by atoms with Crippen LogP contribution in [0.1, 0.15) is 11.1 Å². The first-order valence-corrected chi connectivity index (χ1v) is 6.14. The third kappa shape index (κ3) is 3.99. The summed E-state index contributed by atoms with van der Waals surface area (Å²) in [5.74, 6) is 0. The van der Waals surface area contributed by atoms with Crippen LogP contribution in [-0.2, 0) is 12.4 Å². The molecule has 0 saturated carbocycles. The number of benzene rings is 2. The van der Waals surface area contributed by atoms with E-state index in [9.17, 15) is 26.3 Å². The van der Waals surface area contributed by atoms with Gasteiger partial charge in [0.2, 0.25) is 0 Å². The normalized spacial score (nSPS) is 12.8. The molecule has 0 spiro atoms. The number of anilines is 1. The molecule has 2 aromatic rings. The van der Waals surface area contributed by atoms with E-state index in [0.29, 0.717) is 6.07 Å². The van der Waals surface area contributed by atoms with Crippen LogP contribution in [0.2, 0.25) is 0 Å². The van der Waals surface area contributed by atoms with Gasteiger partial charge in [0.05, 0.1) is 22.5 Å². The Hall–Kier alpha value is -2.58. The fourth-order valence-electron chi connectivity index (χ4n) is 1.78. The van der Waals surface area contributed by atoms with Gasteiger partial charge in [-0.05, 0) is 30.3 Å². The van der Waals surface area contributed by atoms with Crippen LogP contribution in [-0.4, -0.2) is 0 Å². The number of nitrogens with zero attached hydrogens (tertiary/aromatic N) is 2. The second kappa shape index (κ2) is 5.90. The molecule has 2 aromatic carbocycles. The largest absolute Gasteiger partial charge is 0.418 e. The molecule has 0 aromatic heterocycles. The predicted molar refractivity (Wildman–Crippen MR) is 71.5 cm³/mol. The summed E-state index contributed by atoms with van der Waals surface area (Å²) < 4.78 is 77.0. The first-order chi connectivity index (χ1) is 10.6. The van der Waals surface area contributed by atoms with Crippen molar-refractivity contribution in [3.63, 3.8) is 0 Å². The Balaban J connectivity index is 2.47. The average Bonchev–Trinajstić information content (AvgIpc) is 2.44. The molecule has 23 heavy (non-hydrogen) atoms. The molecule has 0 aliphatic carbocycles. The van der Waals surface area contributed by atoms with E-state index >= 15 is 0 Å². The quantitative estimate of drug-likeness (QED) is 0.426. The van der Waals surface area contributed by atoms with Crippen LogP contribution in [0.3, 0.4) is 0 Å². The Morgan fingerprint density at radius 1 is 0.696 bits per heavy atom. The second-order valence-corrected chi connectivity index (χ2v) is 4.49. The maximum absolute atomic E-state index is 12.9. The van der Waals surface area contributed by atoms with Crippen LogP contribution >= 0.6 is 0 Å². The van der Waals surface area contributed by atoms with E-state index in [2.05, 4.69) is 10.2 Å². The van der Waals surface area contributed by atoms with E-state index < -0.39 is 34.9 Å². The van der Waals surface area contributed by atoms with Crippen LogP contribution in [0.4, 0.5) is 43.4 Å². The maximum Gasteiger partial charge on any atom is 0.418 e. The van der Waals surface area contributed by atoms with Crippen molar-refractivity contribution in [2.75, 3.05) is 5.73 Å². The van der Waals surface area contributed by atoms with Crippen molar-refractivity contribution in [1.29, 1.82) is 0 Å². The number of hydrogen-bond donors (Lipinski definition) is 1. The molecule has 0 unspecified atom stereocenters. The number of hydrogen-bond acceptors (Lipinski definition) is 3. The van der Waals surface area contributed by atoms with E-state index in [1.807, 2.05) is 0 Å². The number of alkyl halides is 6. The number of azo groups is 1. The molecule has 0 radical (unpaired) electrons. The third-order valence-corrected chi connectivity index (χ3v) is 2.80. The second-order valence-electron chi connectivity index (χ2n) is 4.49. The lowest BCUT2D eigenvalue weighted by Gasteiger charge is -2.11. The summed E-state index contributed by atoms with van der Waals surface area (Å²) in [6.45, 7) is 0. The first-order valence-electron chi connectivity index (χ1n) is 6.14. The lowest BCUT2D eigenvalue weighted by atomic mass is 10.1. The van der Waals surface area contributed by atoms with Crippen LogP contribution in [0.15, 0.2) is 52.7 Å². The molecule has 9 heteroatoms. The van der Waals surface area contributed by atoms with Gasteiger partial charge in [0.15, 0.2) is 0 Å². The smallest absolute Gasteiger partial charge is 0.399 e. The van der Waals surface area contributed by atoms with Crippen molar-refractivity contribution in [2.24, 2.45) is 10.2 Å². The molecule has 2 rings (SSSR count). The monoisotopic (exact) mass is 333 g/mol. The molecule has 0 heterocycles. The summed E-state index contributed by atoms with van der Waals surface area (Å²) >= 11 is 0. The number of halogens is 6. The van der Waals surface area contributed by atoms with Crippen molar-refractivity contribution < 1.29 is 26.3 Å².